The van der Waals surface area contributed by atoms with Crippen molar-refractivity contribution in [2.75, 3.05) is 26.4 Å². The summed E-state index contributed by atoms with van der Waals surface area (Å²) >= 11 is 0. The maximum Gasteiger partial charge on any atom is 0.470 e. The molecule has 1 fully saturated rings. The fraction of sp³-hybridized carbons (Fsp3) is 0.625. The fourth-order valence-electron chi connectivity index (χ4n) is 4.87. The Morgan fingerprint density at radius 3 is 1.65 bits per heavy atom. The third-order valence-electron chi connectivity index (χ3n) is 7.63. The van der Waals surface area contributed by atoms with Gasteiger partial charge in [0.15, 0.2) is 0 Å². The van der Waals surface area contributed by atoms with Gasteiger partial charge in [-0.25, -0.2) is 4.31 Å². The molecule has 0 aliphatic heterocycles. The van der Waals surface area contributed by atoms with Gasteiger partial charge in [0, 0.05) is 11.1 Å². The van der Waals surface area contributed by atoms with Gasteiger partial charge in [-0.3, -0.25) is 0 Å². The number of para-hydroxylation sites is 1. The van der Waals surface area contributed by atoms with Crippen molar-refractivity contribution in [3.8, 4) is 11.5 Å². The summed E-state index contributed by atoms with van der Waals surface area (Å²) in [5.74, 6) is 1.82. The van der Waals surface area contributed by atoms with Gasteiger partial charge in [0.1, 0.15) is 11.5 Å². The van der Waals surface area contributed by atoms with Crippen molar-refractivity contribution in [3.63, 3.8) is 0 Å². The molecule has 0 saturated heterocycles. The molecule has 1 aliphatic rings. The summed E-state index contributed by atoms with van der Waals surface area (Å²) < 4.78 is 18.2. The highest BCUT2D eigenvalue weighted by Gasteiger charge is 2.33. The zero-order valence-electron chi connectivity index (χ0n) is 26.7. The van der Waals surface area contributed by atoms with Crippen LogP contribution in [-0.4, -0.2) is 56.6 Å². The molecule has 0 heterocycles. The van der Waals surface area contributed by atoms with Gasteiger partial charge < -0.3 is 39.3 Å². The van der Waals surface area contributed by atoms with E-state index in [1.165, 1.54) is 19.3 Å². The van der Waals surface area contributed by atoms with Crippen molar-refractivity contribution in [3.05, 3.63) is 58.7 Å². The van der Waals surface area contributed by atoms with E-state index in [9.17, 15) is 9.79 Å². The monoisotopic (exact) mass is 642 g/mol. The SMILES string of the molecule is Cc1cc(C(C)(C)C)c(OP(Oc2ccccc2C2CCCCC2)OP(O)O)c(C(C)(C)C)c1.OCC(CO)(CO)CO. The van der Waals surface area contributed by atoms with Gasteiger partial charge >= 0.3 is 17.2 Å². The first-order chi connectivity index (χ1) is 20.1. The highest BCUT2D eigenvalue weighted by atomic mass is 31.2. The molecule has 2 aromatic rings. The molecule has 1 atom stereocenters. The van der Waals surface area contributed by atoms with Crippen LogP contribution in [0.1, 0.15) is 102 Å². The second-order valence-corrected chi connectivity index (χ2v) is 15.4. The molecule has 0 spiro atoms. The van der Waals surface area contributed by atoms with Crippen LogP contribution in [0.25, 0.3) is 0 Å². The minimum absolute atomic E-state index is 0.189. The van der Waals surface area contributed by atoms with Crippen molar-refractivity contribution in [1.29, 1.82) is 0 Å². The minimum Gasteiger partial charge on any atom is -0.417 e. The lowest BCUT2D eigenvalue weighted by Gasteiger charge is -2.31. The van der Waals surface area contributed by atoms with Gasteiger partial charge in [-0.2, -0.15) is 0 Å². The van der Waals surface area contributed by atoms with Gasteiger partial charge in [0.2, 0.25) is 0 Å². The maximum atomic E-state index is 9.75. The lowest BCUT2D eigenvalue weighted by Crippen LogP contribution is -2.37. The zero-order chi connectivity index (χ0) is 32.4. The minimum atomic E-state index is -2.66. The van der Waals surface area contributed by atoms with Crippen LogP contribution in [0, 0.1) is 12.3 Å². The standard InChI is InChI=1S/C27H40O5P2.C5H12O4/c1-19-17-22(26(2,3)4)25(23(18-19)27(5,6)7)31-34(32-33(28)29)30-24-16-12-11-15-21(24)20-13-9-8-10-14-20;6-1-5(2-7,3-8)4-9/h11-12,15-18,20,28-29H,8-10,13-14H2,1-7H3;6-9H,1-4H2. The lowest BCUT2D eigenvalue weighted by molar-refractivity contribution is -0.0328. The Hall–Kier alpha value is -1.38. The quantitative estimate of drug-likeness (QED) is 0.151. The van der Waals surface area contributed by atoms with E-state index in [2.05, 4.69) is 66.7 Å². The van der Waals surface area contributed by atoms with E-state index < -0.39 is 49.0 Å². The third kappa shape index (κ3) is 11.2. The first-order valence-electron chi connectivity index (χ1n) is 14.8. The highest BCUT2D eigenvalue weighted by molar-refractivity contribution is 7.55. The maximum absolute atomic E-state index is 9.75. The number of hydrogen-bond acceptors (Lipinski definition) is 9. The number of aliphatic hydroxyl groups is 4. The molecule has 2 aromatic carbocycles. The van der Waals surface area contributed by atoms with Crippen LogP contribution in [-0.2, 0) is 15.1 Å². The zero-order valence-corrected chi connectivity index (χ0v) is 28.5. The molecule has 244 valence electrons. The van der Waals surface area contributed by atoms with E-state index in [0.29, 0.717) is 17.4 Å². The number of aliphatic hydroxyl groups excluding tert-OH is 4. The van der Waals surface area contributed by atoms with E-state index in [1.54, 1.807) is 0 Å². The van der Waals surface area contributed by atoms with Gasteiger partial charge in [-0.15, -0.1) is 0 Å². The topological polar surface area (TPSA) is 149 Å². The van der Waals surface area contributed by atoms with Crippen LogP contribution in [0.5, 0.6) is 11.5 Å². The summed E-state index contributed by atoms with van der Waals surface area (Å²) in [6.45, 7) is 13.3. The van der Waals surface area contributed by atoms with Crippen molar-refractivity contribution in [2.45, 2.75) is 97.3 Å². The Bertz CT molecular complexity index is 1070. The van der Waals surface area contributed by atoms with Crippen LogP contribution in [0.3, 0.4) is 0 Å². The first-order valence-corrected chi connectivity index (χ1v) is 17.1. The van der Waals surface area contributed by atoms with Gasteiger partial charge in [-0.05, 0) is 48.1 Å². The van der Waals surface area contributed by atoms with Crippen molar-refractivity contribution in [1.82, 2.24) is 0 Å². The summed E-state index contributed by atoms with van der Waals surface area (Å²) in [5.41, 5.74) is 2.88. The summed E-state index contributed by atoms with van der Waals surface area (Å²) in [7, 11) is -4.76. The van der Waals surface area contributed by atoms with E-state index in [0.717, 1.165) is 35.1 Å². The summed E-state index contributed by atoms with van der Waals surface area (Å²) in [5, 5.41) is 34.0. The lowest BCUT2D eigenvalue weighted by atomic mass is 9.78. The van der Waals surface area contributed by atoms with E-state index in [4.69, 9.17) is 33.8 Å². The van der Waals surface area contributed by atoms with Crippen molar-refractivity contribution < 1.29 is 43.6 Å². The Morgan fingerprint density at radius 1 is 0.744 bits per heavy atom. The van der Waals surface area contributed by atoms with E-state index in [-0.39, 0.29) is 10.8 Å². The third-order valence-corrected chi connectivity index (χ3v) is 9.43. The molecule has 0 aromatic heterocycles. The number of benzene rings is 2. The molecule has 1 saturated carbocycles. The average molecular weight is 643 g/mol. The van der Waals surface area contributed by atoms with Crippen molar-refractivity contribution in [2.24, 2.45) is 5.41 Å². The van der Waals surface area contributed by atoms with Crippen LogP contribution < -0.4 is 9.05 Å². The molecular weight excluding hydrogens is 590 g/mol. The molecule has 3 rings (SSSR count). The largest absolute Gasteiger partial charge is 0.470 e. The molecular formula is C32H52O9P2. The molecule has 6 N–H and O–H groups in total. The second kappa shape index (κ2) is 16.8. The van der Waals surface area contributed by atoms with E-state index >= 15 is 0 Å². The molecule has 9 nitrogen and oxygen atoms in total. The van der Waals surface area contributed by atoms with E-state index in [1.807, 2.05) is 18.2 Å². The Morgan fingerprint density at radius 2 is 1.23 bits per heavy atom. The molecule has 0 amide bonds. The van der Waals surface area contributed by atoms with Crippen LogP contribution in [0.15, 0.2) is 36.4 Å². The molecule has 1 aliphatic carbocycles. The van der Waals surface area contributed by atoms with Gasteiger partial charge in [0.25, 0.3) is 0 Å². The smallest absolute Gasteiger partial charge is 0.417 e. The molecule has 0 radical (unpaired) electrons. The van der Waals surface area contributed by atoms with Crippen LogP contribution >= 0.6 is 17.2 Å². The average Bonchev–Trinajstić information content (AvgIpc) is 2.95. The van der Waals surface area contributed by atoms with Crippen molar-refractivity contribution >= 4 is 17.2 Å². The summed E-state index contributed by atoms with van der Waals surface area (Å²) in [6, 6.07) is 12.3. The predicted octanol–water partition coefficient (Wildman–Crippen LogP) is 6.49. The van der Waals surface area contributed by atoms with Gasteiger partial charge in [-0.1, -0.05) is 96.7 Å². The molecule has 1 unspecified atom stereocenters. The number of hydrogen-bond donors (Lipinski definition) is 6. The van der Waals surface area contributed by atoms with Crippen LogP contribution in [0.2, 0.25) is 0 Å². The number of aryl methyl sites for hydroxylation is 1. The molecule has 0 bridgehead atoms. The summed E-state index contributed by atoms with van der Waals surface area (Å²) in [6.07, 6.45) is 5.97. The Labute approximate surface area is 259 Å². The predicted molar refractivity (Wildman–Crippen MR) is 172 cm³/mol. The molecule has 43 heavy (non-hydrogen) atoms. The Kier molecular flexibility index (Phi) is 14.8. The van der Waals surface area contributed by atoms with Crippen LogP contribution in [0.4, 0.5) is 0 Å². The highest BCUT2D eigenvalue weighted by Crippen LogP contribution is 2.55. The Balaban J connectivity index is 0.000000621. The summed E-state index contributed by atoms with van der Waals surface area (Å²) in [4.78, 5) is 19.5. The first kappa shape index (κ1) is 37.8. The molecule has 11 heteroatoms. The van der Waals surface area contributed by atoms with Gasteiger partial charge in [0.05, 0.1) is 31.8 Å². The normalized spacial score (nSPS) is 15.6. The second-order valence-electron chi connectivity index (χ2n) is 13.4. The number of rotatable bonds is 11. The fourth-order valence-corrected chi connectivity index (χ4v) is 6.32.